The summed E-state index contributed by atoms with van der Waals surface area (Å²) >= 11 is 3.38. The minimum atomic E-state index is -0.0296. The highest BCUT2D eigenvalue weighted by atomic mass is 79.9. The molecule has 0 aromatic heterocycles. The van der Waals surface area contributed by atoms with Gasteiger partial charge < -0.3 is 19.1 Å². The molecule has 0 radical (unpaired) electrons. The molecule has 0 saturated carbocycles. The number of amides is 1. The highest BCUT2D eigenvalue weighted by Crippen LogP contribution is 2.29. The summed E-state index contributed by atoms with van der Waals surface area (Å²) in [5.41, 5.74) is 0. The molecule has 0 aliphatic carbocycles. The predicted molar refractivity (Wildman–Crippen MR) is 73.6 cm³/mol. The van der Waals surface area contributed by atoms with E-state index < -0.39 is 0 Å². The van der Waals surface area contributed by atoms with Crippen molar-refractivity contribution in [2.75, 3.05) is 40.0 Å². The first-order chi connectivity index (χ1) is 9.20. The standard InChI is InChI=1S/C13H16BrNO4/c1-17-10-2-3-11(14)12(8-10)19-9-13(16)15-4-6-18-7-5-15/h2-3,8H,4-7,9H2,1H3. The Hall–Kier alpha value is -1.27. The van der Waals surface area contributed by atoms with Crippen LogP contribution in [0.3, 0.4) is 0 Å². The third kappa shape index (κ3) is 3.84. The zero-order valence-electron chi connectivity index (χ0n) is 10.7. The second-order valence-electron chi connectivity index (χ2n) is 4.08. The maximum absolute atomic E-state index is 11.9. The Balaban J connectivity index is 1.92. The number of carbonyl (C=O) groups excluding carboxylic acids is 1. The fraction of sp³-hybridized carbons (Fsp3) is 0.462. The van der Waals surface area contributed by atoms with Crippen LogP contribution in [0.5, 0.6) is 11.5 Å². The quantitative estimate of drug-likeness (QED) is 0.843. The van der Waals surface area contributed by atoms with Crippen LogP contribution in [-0.2, 0) is 9.53 Å². The second kappa shape index (κ2) is 6.77. The highest BCUT2D eigenvalue weighted by Gasteiger charge is 2.17. The molecule has 1 aromatic carbocycles. The molecule has 2 rings (SSSR count). The lowest BCUT2D eigenvalue weighted by molar-refractivity contribution is -0.137. The molecule has 1 amide bonds. The van der Waals surface area contributed by atoms with Crippen molar-refractivity contribution in [1.82, 2.24) is 4.90 Å². The van der Waals surface area contributed by atoms with E-state index in [-0.39, 0.29) is 12.5 Å². The molecule has 104 valence electrons. The predicted octanol–water partition coefficient (Wildman–Crippen LogP) is 1.70. The molecule has 19 heavy (non-hydrogen) atoms. The van der Waals surface area contributed by atoms with Crippen LogP contribution in [0.2, 0.25) is 0 Å². The number of nitrogens with zero attached hydrogens (tertiary/aromatic N) is 1. The maximum Gasteiger partial charge on any atom is 0.260 e. The van der Waals surface area contributed by atoms with Gasteiger partial charge in [-0.05, 0) is 28.1 Å². The van der Waals surface area contributed by atoms with E-state index in [2.05, 4.69) is 15.9 Å². The van der Waals surface area contributed by atoms with Gasteiger partial charge in [0.1, 0.15) is 11.5 Å². The number of methoxy groups -OCH3 is 1. The minimum absolute atomic E-state index is 0.0196. The van der Waals surface area contributed by atoms with E-state index in [0.717, 1.165) is 4.47 Å². The summed E-state index contributed by atoms with van der Waals surface area (Å²) < 4.78 is 16.7. The van der Waals surface area contributed by atoms with E-state index in [1.54, 1.807) is 18.1 Å². The zero-order valence-corrected chi connectivity index (χ0v) is 12.3. The largest absolute Gasteiger partial charge is 0.497 e. The molecule has 0 bridgehead atoms. The van der Waals surface area contributed by atoms with Crippen LogP contribution in [-0.4, -0.2) is 50.8 Å². The van der Waals surface area contributed by atoms with Gasteiger partial charge in [0.15, 0.2) is 6.61 Å². The summed E-state index contributed by atoms with van der Waals surface area (Å²) in [6.45, 7) is 2.46. The van der Waals surface area contributed by atoms with Crippen molar-refractivity contribution in [1.29, 1.82) is 0 Å². The molecule has 6 heteroatoms. The van der Waals surface area contributed by atoms with Crippen molar-refractivity contribution in [2.45, 2.75) is 0 Å². The molecule has 1 heterocycles. The first-order valence-corrected chi connectivity index (χ1v) is 6.82. The highest BCUT2D eigenvalue weighted by molar-refractivity contribution is 9.10. The molecule has 5 nitrogen and oxygen atoms in total. The third-order valence-electron chi connectivity index (χ3n) is 2.85. The van der Waals surface area contributed by atoms with Crippen molar-refractivity contribution in [3.8, 4) is 11.5 Å². The van der Waals surface area contributed by atoms with Gasteiger partial charge in [-0.3, -0.25) is 4.79 Å². The Bertz CT molecular complexity index is 446. The lowest BCUT2D eigenvalue weighted by Gasteiger charge is -2.26. The van der Waals surface area contributed by atoms with Gasteiger partial charge in [0, 0.05) is 19.2 Å². The third-order valence-corrected chi connectivity index (χ3v) is 3.51. The fourth-order valence-electron chi connectivity index (χ4n) is 1.76. The lowest BCUT2D eigenvalue weighted by atomic mass is 10.3. The number of morpholine rings is 1. The molecular formula is C13H16BrNO4. The Kier molecular flexibility index (Phi) is 5.04. The van der Waals surface area contributed by atoms with Crippen LogP contribution in [0.1, 0.15) is 0 Å². The van der Waals surface area contributed by atoms with Gasteiger partial charge in [-0.1, -0.05) is 0 Å². The maximum atomic E-state index is 11.9. The van der Waals surface area contributed by atoms with Gasteiger partial charge in [0.2, 0.25) is 0 Å². The monoisotopic (exact) mass is 329 g/mol. The van der Waals surface area contributed by atoms with Gasteiger partial charge in [0.25, 0.3) is 5.91 Å². The summed E-state index contributed by atoms with van der Waals surface area (Å²) in [5.74, 6) is 1.26. The normalized spacial score (nSPS) is 15.2. The zero-order chi connectivity index (χ0) is 13.7. The van der Waals surface area contributed by atoms with Crippen molar-refractivity contribution in [3.05, 3.63) is 22.7 Å². The van der Waals surface area contributed by atoms with E-state index in [4.69, 9.17) is 14.2 Å². The van der Waals surface area contributed by atoms with Crippen LogP contribution in [0.25, 0.3) is 0 Å². The van der Waals surface area contributed by atoms with Crippen molar-refractivity contribution < 1.29 is 19.0 Å². The molecule has 0 N–H and O–H groups in total. The molecule has 1 fully saturated rings. The Morgan fingerprint density at radius 2 is 2.16 bits per heavy atom. The molecule has 1 aliphatic heterocycles. The van der Waals surface area contributed by atoms with Crippen LogP contribution in [0, 0.1) is 0 Å². The van der Waals surface area contributed by atoms with Gasteiger partial charge in [-0.15, -0.1) is 0 Å². The van der Waals surface area contributed by atoms with Gasteiger partial charge in [0.05, 0.1) is 24.8 Å². The average molecular weight is 330 g/mol. The molecular weight excluding hydrogens is 314 g/mol. The fourth-order valence-corrected chi connectivity index (χ4v) is 2.13. The number of hydrogen-bond acceptors (Lipinski definition) is 4. The molecule has 0 unspecified atom stereocenters. The smallest absolute Gasteiger partial charge is 0.260 e. The molecule has 0 atom stereocenters. The summed E-state index contributed by atoms with van der Waals surface area (Å²) in [4.78, 5) is 13.7. The number of hydrogen-bond donors (Lipinski definition) is 0. The van der Waals surface area contributed by atoms with E-state index in [0.29, 0.717) is 37.8 Å². The number of rotatable bonds is 4. The molecule has 1 saturated heterocycles. The number of benzene rings is 1. The van der Waals surface area contributed by atoms with Crippen molar-refractivity contribution >= 4 is 21.8 Å². The van der Waals surface area contributed by atoms with E-state index in [1.807, 2.05) is 12.1 Å². The molecule has 0 spiro atoms. The molecule has 1 aromatic rings. The Labute approximate surface area is 120 Å². The summed E-state index contributed by atoms with van der Waals surface area (Å²) in [6, 6.07) is 5.39. The van der Waals surface area contributed by atoms with Gasteiger partial charge >= 0.3 is 0 Å². The number of halogens is 1. The van der Waals surface area contributed by atoms with Crippen LogP contribution >= 0.6 is 15.9 Å². The minimum Gasteiger partial charge on any atom is -0.497 e. The van der Waals surface area contributed by atoms with Gasteiger partial charge in [-0.25, -0.2) is 0 Å². The van der Waals surface area contributed by atoms with Gasteiger partial charge in [-0.2, -0.15) is 0 Å². The van der Waals surface area contributed by atoms with Crippen molar-refractivity contribution in [2.24, 2.45) is 0 Å². The number of ether oxygens (including phenoxy) is 3. The number of carbonyl (C=O) groups is 1. The Morgan fingerprint density at radius 1 is 1.42 bits per heavy atom. The van der Waals surface area contributed by atoms with Crippen LogP contribution in [0.4, 0.5) is 0 Å². The summed E-state index contributed by atoms with van der Waals surface area (Å²) in [6.07, 6.45) is 0. The van der Waals surface area contributed by atoms with E-state index in [1.165, 1.54) is 0 Å². The molecule has 1 aliphatic rings. The van der Waals surface area contributed by atoms with E-state index in [9.17, 15) is 4.79 Å². The first-order valence-electron chi connectivity index (χ1n) is 6.02. The van der Waals surface area contributed by atoms with Crippen LogP contribution < -0.4 is 9.47 Å². The average Bonchev–Trinajstić information content (AvgIpc) is 2.47. The van der Waals surface area contributed by atoms with Crippen LogP contribution in [0.15, 0.2) is 22.7 Å². The Morgan fingerprint density at radius 3 is 2.84 bits per heavy atom. The summed E-state index contributed by atoms with van der Waals surface area (Å²) in [5, 5.41) is 0. The summed E-state index contributed by atoms with van der Waals surface area (Å²) in [7, 11) is 1.59. The first kappa shape index (κ1) is 14.1. The van der Waals surface area contributed by atoms with Crippen molar-refractivity contribution in [3.63, 3.8) is 0 Å². The topological polar surface area (TPSA) is 48.0 Å². The van der Waals surface area contributed by atoms with E-state index >= 15 is 0 Å². The SMILES string of the molecule is COc1ccc(Br)c(OCC(=O)N2CCOCC2)c1. The lowest BCUT2D eigenvalue weighted by Crippen LogP contribution is -2.43. The second-order valence-corrected chi connectivity index (χ2v) is 4.93.